The number of halogens is 3. The second kappa shape index (κ2) is 7.54. The van der Waals surface area contributed by atoms with Gasteiger partial charge in [0.25, 0.3) is 0 Å². The number of nitrogens with one attached hydrogen (secondary N) is 2. The topological polar surface area (TPSA) is 75.3 Å². The third kappa shape index (κ3) is 5.03. The first kappa shape index (κ1) is 19.4. The molecule has 0 bridgehead atoms. The summed E-state index contributed by atoms with van der Waals surface area (Å²) in [5.74, 6) is -0.638. The van der Waals surface area contributed by atoms with Crippen LogP contribution in [0.3, 0.4) is 0 Å². The third-order valence-electron chi connectivity index (χ3n) is 3.22. The molecule has 1 heterocycles. The van der Waals surface area contributed by atoms with Crippen LogP contribution in [0.4, 0.5) is 13.2 Å². The summed E-state index contributed by atoms with van der Waals surface area (Å²) >= 11 is 1.41. The van der Waals surface area contributed by atoms with Crippen LogP contribution in [0.5, 0.6) is 0 Å². The quantitative estimate of drug-likeness (QED) is 0.794. The summed E-state index contributed by atoms with van der Waals surface area (Å²) in [7, 11) is -4.52. The summed E-state index contributed by atoms with van der Waals surface area (Å²) in [6, 6.07) is 6.17. The first-order valence-electron chi connectivity index (χ1n) is 7.10. The van der Waals surface area contributed by atoms with Crippen molar-refractivity contribution in [3.8, 4) is 0 Å². The van der Waals surface area contributed by atoms with Gasteiger partial charge in [0.15, 0.2) is 0 Å². The number of alkyl halides is 3. The first-order chi connectivity index (χ1) is 11.6. The number of amides is 1. The molecule has 0 saturated carbocycles. The van der Waals surface area contributed by atoms with E-state index in [1.54, 1.807) is 12.1 Å². The Kier molecular flexibility index (Phi) is 5.86. The Morgan fingerprint density at radius 2 is 1.88 bits per heavy atom. The second-order valence-electron chi connectivity index (χ2n) is 5.13. The maximum atomic E-state index is 13.0. The van der Waals surface area contributed by atoms with Crippen molar-refractivity contribution >= 4 is 27.3 Å². The molecule has 25 heavy (non-hydrogen) atoms. The Morgan fingerprint density at radius 1 is 1.20 bits per heavy atom. The van der Waals surface area contributed by atoms with E-state index in [2.05, 4.69) is 5.32 Å². The van der Waals surface area contributed by atoms with Crippen molar-refractivity contribution in [3.05, 3.63) is 52.2 Å². The lowest BCUT2D eigenvalue weighted by Gasteiger charge is -2.17. The third-order valence-corrected chi connectivity index (χ3v) is 5.70. The molecule has 1 atom stereocenters. The van der Waals surface area contributed by atoms with E-state index in [0.29, 0.717) is 6.07 Å². The highest BCUT2D eigenvalue weighted by atomic mass is 32.2. The molecule has 0 spiro atoms. The van der Waals surface area contributed by atoms with Crippen LogP contribution < -0.4 is 10.0 Å². The zero-order chi connectivity index (χ0) is 18.7. The van der Waals surface area contributed by atoms with Crippen molar-refractivity contribution < 1.29 is 26.4 Å². The largest absolute Gasteiger partial charge is 0.417 e. The molecular formula is C15H15F3N2O3S2. The van der Waals surface area contributed by atoms with Gasteiger partial charge in [-0.3, -0.25) is 4.79 Å². The van der Waals surface area contributed by atoms with Crippen LogP contribution >= 0.6 is 11.3 Å². The van der Waals surface area contributed by atoms with Crippen LogP contribution in [0.25, 0.3) is 0 Å². The molecule has 5 nitrogen and oxygen atoms in total. The van der Waals surface area contributed by atoms with Crippen molar-refractivity contribution in [2.24, 2.45) is 0 Å². The van der Waals surface area contributed by atoms with Gasteiger partial charge in [-0.15, -0.1) is 11.3 Å². The van der Waals surface area contributed by atoms with Crippen molar-refractivity contribution in [2.45, 2.75) is 30.6 Å². The highest BCUT2D eigenvalue weighted by Gasteiger charge is 2.37. The van der Waals surface area contributed by atoms with Gasteiger partial charge in [-0.2, -0.15) is 17.9 Å². The summed E-state index contributed by atoms with van der Waals surface area (Å²) in [6.07, 6.45) is -4.82. The number of hydrogen-bond acceptors (Lipinski definition) is 4. The first-order valence-corrected chi connectivity index (χ1v) is 9.46. The zero-order valence-corrected chi connectivity index (χ0v) is 14.6. The number of carbonyl (C=O) groups is 1. The number of thiophene rings is 1. The molecule has 10 heteroatoms. The van der Waals surface area contributed by atoms with Crippen molar-refractivity contribution in [1.82, 2.24) is 10.0 Å². The molecule has 0 aliphatic carbocycles. The minimum atomic E-state index is -4.82. The van der Waals surface area contributed by atoms with Gasteiger partial charge in [0.2, 0.25) is 15.9 Å². The molecular weight excluding hydrogens is 377 g/mol. The summed E-state index contributed by atoms with van der Waals surface area (Å²) in [5.41, 5.74) is -1.28. The predicted molar refractivity (Wildman–Crippen MR) is 87.4 cm³/mol. The Balaban J connectivity index is 2.11. The minimum absolute atomic E-state index is 0.210. The number of benzene rings is 1. The molecule has 0 aliphatic heterocycles. The molecule has 136 valence electrons. The Labute approximate surface area is 146 Å². The molecule has 0 aliphatic rings. The maximum absolute atomic E-state index is 13.0. The molecule has 1 amide bonds. The lowest BCUT2D eigenvalue weighted by Crippen LogP contribution is -2.44. The molecule has 1 aromatic carbocycles. The molecule has 0 unspecified atom stereocenters. The van der Waals surface area contributed by atoms with Gasteiger partial charge in [0.1, 0.15) is 0 Å². The van der Waals surface area contributed by atoms with E-state index in [4.69, 9.17) is 0 Å². The van der Waals surface area contributed by atoms with Crippen LogP contribution in [0, 0.1) is 0 Å². The van der Waals surface area contributed by atoms with Gasteiger partial charge >= 0.3 is 6.18 Å². The molecule has 0 fully saturated rings. The van der Waals surface area contributed by atoms with Crippen LogP contribution in [0.1, 0.15) is 17.4 Å². The van der Waals surface area contributed by atoms with Crippen molar-refractivity contribution in [1.29, 1.82) is 0 Å². The number of sulfonamides is 1. The highest BCUT2D eigenvalue weighted by molar-refractivity contribution is 7.89. The van der Waals surface area contributed by atoms with Gasteiger partial charge < -0.3 is 5.32 Å². The summed E-state index contributed by atoms with van der Waals surface area (Å²) in [5, 5.41) is 4.35. The monoisotopic (exact) mass is 392 g/mol. The number of hydrogen-bond donors (Lipinski definition) is 2. The van der Waals surface area contributed by atoms with Gasteiger partial charge in [-0.05, 0) is 30.5 Å². The summed E-state index contributed by atoms with van der Waals surface area (Å²) < 4.78 is 65.4. The SMILES string of the molecule is C[C@@H](NS(=O)(=O)c1ccccc1C(F)(F)F)C(=O)NCc1cccs1. The van der Waals surface area contributed by atoms with Crippen LogP contribution in [-0.2, 0) is 27.5 Å². The van der Waals surface area contributed by atoms with E-state index in [1.165, 1.54) is 24.3 Å². The van der Waals surface area contributed by atoms with Gasteiger partial charge in [-0.1, -0.05) is 18.2 Å². The molecule has 2 aromatic rings. The lowest BCUT2D eigenvalue weighted by molar-refractivity contribution is -0.139. The van der Waals surface area contributed by atoms with Crippen LogP contribution in [0.15, 0.2) is 46.7 Å². The average molecular weight is 392 g/mol. The minimum Gasteiger partial charge on any atom is -0.350 e. The van der Waals surface area contributed by atoms with E-state index in [9.17, 15) is 26.4 Å². The van der Waals surface area contributed by atoms with Crippen LogP contribution in [0.2, 0.25) is 0 Å². The van der Waals surface area contributed by atoms with E-state index >= 15 is 0 Å². The number of carbonyl (C=O) groups excluding carboxylic acids is 1. The molecule has 1 aromatic heterocycles. The van der Waals surface area contributed by atoms with Gasteiger partial charge in [0.05, 0.1) is 23.0 Å². The van der Waals surface area contributed by atoms with E-state index in [1.807, 2.05) is 10.1 Å². The maximum Gasteiger partial charge on any atom is 0.417 e. The fourth-order valence-corrected chi connectivity index (χ4v) is 4.10. The predicted octanol–water partition coefficient (Wildman–Crippen LogP) is 2.75. The Bertz CT molecular complexity index is 834. The molecule has 0 radical (unpaired) electrons. The fraction of sp³-hybridized carbons (Fsp3) is 0.267. The number of rotatable bonds is 6. The average Bonchev–Trinajstić information content (AvgIpc) is 3.04. The van der Waals surface area contributed by atoms with Gasteiger partial charge in [-0.25, -0.2) is 8.42 Å². The lowest BCUT2D eigenvalue weighted by atomic mass is 10.2. The van der Waals surface area contributed by atoms with E-state index in [-0.39, 0.29) is 6.54 Å². The van der Waals surface area contributed by atoms with E-state index < -0.39 is 38.6 Å². The fourth-order valence-electron chi connectivity index (χ4n) is 2.03. The molecule has 2 rings (SSSR count). The Hall–Kier alpha value is -1.91. The van der Waals surface area contributed by atoms with Crippen LogP contribution in [-0.4, -0.2) is 20.4 Å². The second-order valence-corrected chi connectivity index (χ2v) is 7.85. The smallest absolute Gasteiger partial charge is 0.350 e. The van der Waals surface area contributed by atoms with Crippen molar-refractivity contribution in [3.63, 3.8) is 0 Å². The summed E-state index contributed by atoms with van der Waals surface area (Å²) in [4.78, 5) is 11.9. The molecule has 0 saturated heterocycles. The zero-order valence-electron chi connectivity index (χ0n) is 13.0. The van der Waals surface area contributed by atoms with E-state index in [0.717, 1.165) is 17.0 Å². The Morgan fingerprint density at radius 3 is 2.48 bits per heavy atom. The molecule has 2 N–H and O–H groups in total. The highest BCUT2D eigenvalue weighted by Crippen LogP contribution is 2.33. The van der Waals surface area contributed by atoms with Gasteiger partial charge in [0, 0.05) is 4.88 Å². The normalized spacial score (nSPS) is 13.4. The standard InChI is InChI=1S/C15H15F3N2O3S2/c1-10(14(21)19-9-11-5-4-8-24-11)20-25(22,23)13-7-3-2-6-12(13)15(16,17)18/h2-8,10,20H,9H2,1H3,(H,19,21)/t10-/m1/s1. The summed E-state index contributed by atoms with van der Waals surface area (Å²) in [6.45, 7) is 1.47. The van der Waals surface area contributed by atoms with Crippen molar-refractivity contribution in [2.75, 3.05) is 0 Å².